The number of amides is 2. The molecule has 0 saturated carbocycles. The van der Waals surface area contributed by atoms with Crippen LogP contribution >= 0.6 is 11.3 Å². The summed E-state index contributed by atoms with van der Waals surface area (Å²) in [6.07, 6.45) is 0.399. The molecular weight excluding hydrogens is 296 g/mol. The van der Waals surface area contributed by atoms with Gasteiger partial charge in [0, 0.05) is 31.4 Å². The zero-order valence-electron chi connectivity index (χ0n) is 12.6. The highest BCUT2D eigenvalue weighted by Crippen LogP contribution is 2.08. The van der Waals surface area contributed by atoms with Gasteiger partial charge in [0.25, 0.3) is 0 Å². The van der Waals surface area contributed by atoms with Crippen LogP contribution in [0.3, 0.4) is 0 Å². The van der Waals surface area contributed by atoms with Crippen LogP contribution in [0.15, 0.2) is 47.8 Å². The summed E-state index contributed by atoms with van der Waals surface area (Å²) < 4.78 is 0. The van der Waals surface area contributed by atoms with Crippen molar-refractivity contribution in [2.24, 2.45) is 0 Å². The maximum atomic E-state index is 11.8. The van der Waals surface area contributed by atoms with Gasteiger partial charge in [0.1, 0.15) is 0 Å². The third kappa shape index (κ3) is 5.33. The van der Waals surface area contributed by atoms with Crippen LogP contribution in [0.4, 0.5) is 0 Å². The van der Waals surface area contributed by atoms with Crippen LogP contribution in [0.1, 0.15) is 17.4 Å². The monoisotopic (exact) mass is 316 g/mol. The van der Waals surface area contributed by atoms with E-state index in [-0.39, 0.29) is 11.8 Å². The van der Waals surface area contributed by atoms with Crippen LogP contribution in [0.25, 0.3) is 0 Å². The van der Waals surface area contributed by atoms with Gasteiger partial charge in [-0.15, -0.1) is 11.3 Å². The third-order valence-electron chi connectivity index (χ3n) is 3.28. The predicted octanol–water partition coefficient (Wildman–Crippen LogP) is 2.46. The van der Waals surface area contributed by atoms with Crippen molar-refractivity contribution in [2.45, 2.75) is 19.9 Å². The van der Waals surface area contributed by atoms with Gasteiger partial charge >= 0.3 is 0 Å². The third-order valence-corrected chi connectivity index (χ3v) is 4.16. The molecule has 0 bridgehead atoms. The van der Waals surface area contributed by atoms with Crippen molar-refractivity contribution in [1.82, 2.24) is 10.2 Å². The first-order valence-corrected chi connectivity index (χ1v) is 8.11. The number of nitrogens with one attached hydrogen (secondary N) is 1. The minimum absolute atomic E-state index is 0.00865. The Kier molecular flexibility index (Phi) is 6.15. The van der Waals surface area contributed by atoms with E-state index in [1.54, 1.807) is 23.2 Å². The van der Waals surface area contributed by atoms with Gasteiger partial charge in [-0.1, -0.05) is 36.4 Å². The average molecular weight is 316 g/mol. The van der Waals surface area contributed by atoms with Gasteiger partial charge in [0.15, 0.2) is 0 Å². The van der Waals surface area contributed by atoms with E-state index in [0.29, 0.717) is 26.1 Å². The molecule has 4 nitrogen and oxygen atoms in total. The van der Waals surface area contributed by atoms with Crippen molar-refractivity contribution in [2.75, 3.05) is 13.1 Å². The maximum Gasteiger partial charge on any atom is 0.225 e. The molecule has 0 atom stereocenters. The summed E-state index contributed by atoms with van der Waals surface area (Å²) in [6.45, 7) is 3.10. The lowest BCUT2D eigenvalue weighted by molar-refractivity contribution is -0.130. The van der Waals surface area contributed by atoms with Gasteiger partial charge < -0.3 is 10.2 Å². The first-order valence-electron chi connectivity index (χ1n) is 7.23. The van der Waals surface area contributed by atoms with E-state index in [9.17, 15) is 9.59 Å². The zero-order chi connectivity index (χ0) is 15.8. The Balaban J connectivity index is 1.77. The van der Waals surface area contributed by atoms with E-state index in [4.69, 9.17) is 0 Å². The molecular formula is C17H20N2O2S. The highest BCUT2D eigenvalue weighted by molar-refractivity contribution is 7.10. The molecule has 1 aromatic heterocycles. The molecule has 2 rings (SSSR count). The summed E-state index contributed by atoms with van der Waals surface area (Å²) in [7, 11) is 0. The fourth-order valence-electron chi connectivity index (χ4n) is 2.12. The van der Waals surface area contributed by atoms with E-state index < -0.39 is 0 Å². The first kappa shape index (κ1) is 16.2. The Bertz CT molecular complexity index is 596. The number of benzene rings is 1. The van der Waals surface area contributed by atoms with E-state index in [0.717, 1.165) is 10.4 Å². The summed E-state index contributed by atoms with van der Waals surface area (Å²) >= 11 is 1.57. The molecule has 1 aromatic carbocycles. The Morgan fingerprint density at radius 2 is 1.91 bits per heavy atom. The van der Waals surface area contributed by atoms with Crippen molar-refractivity contribution in [3.8, 4) is 0 Å². The number of thiophene rings is 1. The molecule has 22 heavy (non-hydrogen) atoms. The fourth-order valence-corrected chi connectivity index (χ4v) is 2.82. The summed E-state index contributed by atoms with van der Waals surface area (Å²) in [5.41, 5.74) is 1.09. The Hall–Kier alpha value is -2.14. The normalized spacial score (nSPS) is 10.2. The molecule has 2 aromatic rings. The molecule has 0 saturated heterocycles. The second-order valence-electron chi connectivity index (χ2n) is 5.03. The fraction of sp³-hybridized carbons (Fsp3) is 0.294. The van der Waals surface area contributed by atoms with Crippen LogP contribution in [0.2, 0.25) is 0 Å². The predicted molar refractivity (Wildman–Crippen MR) is 88.6 cm³/mol. The molecule has 0 aliphatic rings. The van der Waals surface area contributed by atoms with Crippen LogP contribution in [-0.4, -0.2) is 29.8 Å². The van der Waals surface area contributed by atoms with E-state index in [1.807, 2.05) is 47.8 Å². The molecule has 2 amide bonds. The first-order chi connectivity index (χ1) is 10.6. The van der Waals surface area contributed by atoms with Crippen LogP contribution in [0.5, 0.6) is 0 Å². The summed E-state index contributed by atoms with van der Waals surface area (Å²) in [4.78, 5) is 26.3. The van der Waals surface area contributed by atoms with E-state index in [2.05, 4.69) is 5.32 Å². The lowest BCUT2D eigenvalue weighted by Gasteiger charge is -2.21. The quantitative estimate of drug-likeness (QED) is 0.853. The Morgan fingerprint density at radius 3 is 2.55 bits per heavy atom. The highest BCUT2D eigenvalue weighted by Gasteiger charge is 2.10. The number of hydrogen-bond donors (Lipinski definition) is 1. The zero-order valence-corrected chi connectivity index (χ0v) is 13.4. The number of hydrogen-bond acceptors (Lipinski definition) is 3. The van der Waals surface area contributed by atoms with Gasteiger partial charge in [-0.2, -0.15) is 0 Å². The molecule has 0 fully saturated rings. The average Bonchev–Trinajstić information content (AvgIpc) is 3.00. The van der Waals surface area contributed by atoms with Crippen LogP contribution < -0.4 is 5.32 Å². The lowest BCUT2D eigenvalue weighted by Crippen LogP contribution is -2.37. The van der Waals surface area contributed by atoms with Crippen molar-refractivity contribution in [3.63, 3.8) is 0 Å². The summed E-state index contributed by atoms with van der Waals surface area (Å²) in [5, 5.41) is 4.82. The number of rotatable bonds is 7. The van der Waals surface area contributed by atoms with E-state index in [1.165, 1.54) is 0 Å². The molecule has 0 unspecified atom stereocenters. The topological polar surface area (TPSA) is 49.4 Å². The van der Waals surface area contributed by atoms with Gasteiger partial charge in [-0.3, -0.25) is 9.59 Å². The smallest absolute Gasteiger partial charge is 0.225 e. The van der Waals surface area contributed by atoms with Crippen molar-refractivity contribution in [3.05, 3.63) is 58.3 Å². The molecule has 1 heterocycles. The van der Waals surface area contributed by atoms with Crippen LogP contribution in [-0.2, 0) is 22.6 Å². The molecule has 0 spiro atoms. The van der Waals surface area contributed by atoms with Gasteiger partial charge in [0.2, 0.25) is 11.8 Å². The second kappa shape index (κ2) is 8.34. The number of carbonyl (C=O) groups is 2. The Morgan fingerprint density at radius 1 is 1.14 bits per heavy atom. The molecule has 1 N–H and O–H groups in total. The summed E-state index contributed by atoms with van der Waals surface area (Å²) in [6, 6.07) is 13.7. The Labute approximate surface area is 134 Å². The van der Waals surface area contributed by atoms with Gasteiger partial charge in [-0.05, 0) is 17.0 Å². The van der Waals surface area contributed by atoms with E-state index >= 15 is 0 Å². The number of nitrogens with zero attached hydrogens (tertiary/aromatic N) is 1. The minimum atomic E-state index is -0.00865. The number of carbonyl (C=O) groups excluding carboxylic acids is 2. The second-order valence-corrected chi connectivity index (χ2v) is 6.06. The van der Waals surface area contributed by atoms with Gasteiger partial charge in [-0.25, -0.2) is 0 Å². The molecule has 116 valence electrons. The standard InChI is InChI=1S/C17H20N2O2S/c1-14(20)19(13-15-6-3-2-4-7-15)10-9-18-17(21)12-16-8-5-11-22-16/h2-8,11H,9-10,12-13H2,1H3,(H,18,21). The van der Waals surface area contributed by atoms with Gasteiger partial charge in [0.05, 0.1) is 6.42 Å². The molecule has 0 aliphatic carbocycles. The molecule has 0 radical (unpaired) electrons. The SMILES string of the molecule is CC(=O)N(CCNC(=O)Cc1cccs1)Cc1ccccc1. The maximum absolute atomic E-state index is 11.8. The van der Waals surface area contributed by atoms with Crippen molar-refractivity contribution >= 4 is 23.2 Å². The summed E-state index contributed by atoms with van der Waals surface area (Å²) in [5.74, 6) is 0.00187. The highest BCUT2D eigenvalue weighted by atomic mass is 32.1. The van der Waals surface area contributed by atoms with Crippen LogP contribution in [0, 0.1) is 0 Å². The van der Waals surface area contributed by atoms with Crippen molar-refractivity contribution < 1.29 is 9.59 Å². The lowest BCUT2D eigenvalue weighted by atomic mass is 10.2. The largest absolute Gasteiger partial charge is 0.354 e. The molecule has 0 aliphatic heterocycles. The minimum Gasteiger partial charge on any atom is -0.354 e. The molecule has 5 heteroatoms. The van der Waals surface area contributed by atoms with Crippen molar-refractivity contribution in [1.29, 1.82) is 0 Å².